The van der Waals surface area contributed by atoms with Crippen LogP contribution >= 0.6 is 11.6 Å². The van der Waals surface area contributed by atoms with Gasteiger partial charge in [0.15, 0.2) is 0 Å². The molecule has 1 aliphatic heterocycles. The summed E-state index contributed by atoms with van der Waals surface area (Å²) >= 11 is 6.41. The molecule has 1 aromatic rings. The number of hydrogen-bond donors (Lipinski definition) is 0. The quantitative estimate of drug-likeness (QED) is 0.775. The molecule has 0 radical (unpaired) electrons. The van der Waals surface area contributed by atoms with Crippen molar-refractivity contribution >= 4 is 29.1 Å². The third-order valence-corrected chi connectivity index (χ3v) is 4.99. The van der Waals surface area contributed by atoms with E-state index in [0.29, 0.717) is 22.7 Å². The fourth-order valence-electron chi connectivity index (χ4n) is 3.66. The van der Waals surface area contributed by atoms with E-state index in [1.807, 2.05) is 18.2 Å². The van der Waals surface area contributed by atoms with Crippen LogP contribution in [-0.2, 0) is 14.3 Å². The Bertz CT molecular complexity index is 751. The number of Topliss-reactive ketones (excluding diaryl/α,β-unsaturated/α-hetero) is 1. The number of carbonyl (C=O) groups is 2. The topological polar surface area (TPSA) is 55.7 Å². The number of nitrogens with zero attached hydrogens (tertiary/aromatic N) is 1. The van der Waals surface area contributed by atoms with Crippen LogP contribution in [0, 0.1) is 5.92 Å². The van der Waals surface area contributed by atoms with Crippen molar-refractivity contribution in [2.24, 2.45) is 10.9 Å². The lowest BCUT2D eigenvalue weighted by atomic mass is 9.69. The minimum atomic E-state index is -0.418. The van der Waals surface area contributed by atoms with E-state index in [-0.39, 0.29) is 12.4 Å². The molecule has 2 aliphatic rings. The van der Waals surface area contributed by atoms with Crippen molar-refractivity contribution in [2.45, 2.75) is 39.0 Å². The molecule has 5 heteroatoms. The van der Waals surface area contributed by atoms with Crippen LogP contribution in [0.3, 0.4) is 0 Å². The van der Waals surface area contributed by atoms with Crippen molar-refractivity contribution in [3.05, 3.63) is 46.1 Å². The lowest BCUT2D eigenvalue weighted by Gasteiger charge is -2.35. The molecule has 4 nitrogen and oxygen atoms in total. The Balaban J connectivity index is 2.18. The first kappa shape index (κ1) is 16.9. The molecule has 0 spiro atoms. The van der Waals surface area contributed by atoms with E-state index in [2.05, 4.69) is 4.99 Å². The minimum Gasteiger partial charge on any atom is -0.463 e. The second kappa shape index (κ2) is 6.89. The fraction of sp³-hybridized carbons (Fsp3) is 0.421. The predicted octanol–water partition coefficient (Wildman–Crippen LogP) is 4.08. The highest BCUT2D eigenvalue weighted by Crippen LogP contribution is 2.44. The highest BCUT2D eigenvalue weighted by atomic mass is 35.5. The first-order chi connectivity index (χ1) is 11.5. The lowest BCUT2D eigenvalue weighted by molar-refractivity contribution is -0.139. The molecule has 1 saturated carbocycles. The molecule has 0 amide bonds. The number of ether oxygens (including phenoxy) is 1. The number of ketones is 1. The van der Waals surface area contributed by atoms with Gasteiger partial charge < -0.3 is 4.74 Å². The molecule has 0 unspecified atom stereocenters. The Labute approximate surface area is 146 Å². The maximum absolute atomic E-state index is 12.7. The Morgan fingerprint density at radius 3 is 2.75 bits per heavy atom. The van der Waals surface area contributed by atoms with Crippen LogP contribution in [0.1, 0.15) is 44.6 Å². The van der Waals surface area contributed by atoms with Gasteiger partial charge in [-0.25, -0.2) is 4.79 Å². The van der Waals surface area contributed by atoms with Crippen LogP contribution in [0.5, 0.6) is 0 Å². The zero-order valence-corrected chi connectivity index (χ0v) is 14.6. The van der Waals surface area contributed by atoms with Gasteiger partial charge in [-0.2, -0.15) is 0 Å². The van der Waals surface area contributed by atoms with Crippen LogP contribution < -0.4 is 0 Å². The van der Waals surface area contributed by atoms with Crippen molar-refractivity contribution < 1.29 is 14.3 Å². The average molecular weight is 346 g/mol. The molecule has 3 rings (SSSR count). The zero-order chi connectivity index (χ0) is 17.3. The number of esters is 1. The van der Waals surface area contributed by atoms with Gasteiger partial charge >= 0.3 is 5.97 Å². The van der Waals surface area contributed by atoms with Gasteiger partial charge in [0.1, 0.15) is 5.78 Å². The van der Waals surface area contributed by atoms with Gasteiger partial charge in [-0.1, -0.05) is 29.8 Å². The van der Waals surface area contributed by atoms with E-state index >= 15 is 0 Å². The first-order valence-corrected chi connectivity index (χ1v) is 8.64. The number of halogens is 1. The second-order valence-corrected chi connectivity index (χ2v) is 6.53. The van der Waals surface area contributed by atoms with Gasteiger partial charge in [0, 0.05) is 28.8 Å². The molecule has 0 aromatic heterocycles. The molecular weight excluding hydrogens is 326 g/mol. The molecule has 0 saturated heterocycles. The Morgan fingerprint density at radius 2 is 2.04 bits per heavy atom. The number of aliphatic imine (C=N–C) groups is 1. The summed E-state index contributed by atoms with van der Waals surface area (Å²) in [5.74, 6) is -1.12. The molecule has 0 N–H and O–H groups in total. The van der Waals surface area contributed by atoms with Crippen molar-refractivity contribution in [3.63, 3.8) is 0 Å². The molecule has 24 heavy (non-hydrogen) atoms. The van der Waals surface area contributed by atoms with E-state index in [4.69, 9.17) is 16.3 Å². The van der Waals surface area contributed by atoms with E-state index < -0.39 is 17.8 Å². The third-order valence-electron chi connectivity index (χ3n) is 4.64. The van der Waals surface area contributed by atoms with E-state index in [9.17, 15) is 9.59 Å². The average Bonchev–Trinajstić information content (AvgIpc) is 2.54. The van der Waals surface area contributed by atoms with Gasteiger partial charge in [0.2, 0.25) is 0 Å². The largest absolute Gasteiger partial charge is 0.463 e. The predicted molar refractivity (Wildman–Crippen MR) is 93.3 cm³/mol. The number of rotatable bonds is 3. The summed E-state index contributed by atoms with van der Waals surface area (Å²) in [4.78, 5) is 29.8. The molecule has 1 aliphatic carbocycles. The maximum atomic E-state index is 12.7. The number of allylic oxidation sites excluding steroid dienone is 1. The van der Waals surface area contributed by atoms with Crippen LogP contribution in [0.4, 0.5) is 0 Å². The summed E-state index contributed by atoms with van der Waals surface area (Å²) in [6, 6.07) is 7.38. The second-order valence-electron chi connectivity index (χ2n) is 6.12. The Kier molecular flexibility index (Phi) is 4.86. The van der Waals surface area contributed by atoms with E-state index in [0.717, 1.165) is 24.1 Å². The molecule has 1 aromatic carbocycles. The van der Waals surface area contributed by atoms with Crippen molar-refractivity contribution in [2.75, 3.05) is 6.61 Å². The number of fused-ring (bicyclic) bond motifs is 1. The summed E-state index contributed by atoms with van der Waals surface area (Å²) in [6.07, 6.45) is 2.11. The highest BCUT2D eigenvalue weighted by Gasteiger charge is 2.44. The minimum absolute atomic E-state index is 0.124. The van der Waals surface area contributed by atoms with Crippen molar-refractivity contribution in [3.8, 4) is 0 Å². The zero-order valence-electron chi connectivity index (χ0n) is 13.8. The summed E-state index contributed by atoms with van der Waals surface area (Å²) in [5.41, 5.74) is 2.73. The van der Waals surface area contributed by atoms with Crippen LogP contribution in [0.15, 0.2) is 40.5 Å². The van der Waals surface area contributed by atoms with E-state index in [1.54, 1.807) is 19.9 Å². The van der Waals surface area contributed by atoms with Crippen LogP contribution in [-0.4, -0.2) is 24.1 Å². The first-order valence-electron chi connectivity index (χ1n) is 8.27. The van der Waals surface area contributed by atoms with Gasteiger partial charge in [0.25, 0.3) is 0 Å². The Hall–Kier alpha value is -1.94. The summed E-state index contributed by atoms with van der Waals surface area (Å²) in [7, 11) is 0. The van der Waals surface area contributed by atoms with Crippen molar-refractivity contribution in [1.82, 2.24) is 0 Å². The maximum Gasteiger partial charge on any atom is 0.336 e. The Morgan fingerprint density at radius 1 is 1.29 bits per heavy atom. The molecule has 2 atom stereocenters. The number of hydrogen-bond acceptors (Lipinski definition) is 4. The normalized spacial score (nSPS) is 23.6. The fourth-order valence-corrected chi connectivity index (χ4v) is 3.91. The van der Waals surface area contributed by atoms with Gasteiger partial charge in [-0.15, -0.1) is 0 Å². The monoisotopic (exact) mass is 345 g/mol. The molecule has 126 valence electrons. The van der Waals surface area contributed by atoms with Gasteiger partial charge in [0.05, 0.1) is 18.1 Å². The standard InChI is InChI=1S/C19H20ClNO3/c1-3-24-19(23)16-11(2)21-14-9-6-10-15(22)18(14)17(16)12-7-4-5-8-13(12)20/h4-5,7-8,17-18H,3,6,9-10H2,1-2H3/t17-,18+/m0/s1. The van der Waals surface area contributed by atoms with Crippen molar-refractivity contribution in [1.29, 1.82) is 0 Å². The van der Waals surface area contributed by atoms with Gasteiger partial charge in [-0.05, 0) is 38.3 Å². The summed E-state index contributed by atoms with van der Waals surface area (Å²) in [5, 5.41) is 0.553. The van der Waals surface area contributed by atoms with E-state index in [1.165, 1.54) is 0 Å². The molecule has 1 fully saturated rings. The summed E-state index contributed by atoms with van der Waals surface area (Å²) < 4.78 is 5.24. The van der Waals surface area contributed by atoms with Crippen LogP contribution in [0.2, 0.25) is 5.02 Å². The van der Waals surface area contributed by atoms with Gasteiger partial charge in [-0.3, -0.25) is 9.79 Å². The number of carbonyl (C=O) groups excluding carboxylic acids is 2. The lowest BCUT2D eigenvalue weighted by Crippen LogP contribution is -2.39. The smallest absolute Gasteiger partial charge is 0.336 e. The SMILES string of the molecule is CCOC(=O)C1=C(C)N=C2CCCC(=O)[C@@H]2[C@H]1c1ccccc1Cl. The molecule has 1 heterocycles. The molecule has 0 bridgehead atoms. The van der Waals surface area contributed by atoms with Crippen LogP contribution in [0.25, 0.3) is 0 Å². The summed E-state index contributed by atoms with van der Waals surface area (Å²) in [6.45, 7) is 3.85. The third kappa shape index (κ3) is 2.91. The number of benzene rings is 1. The highest BCUT2D eigenvalue weighted by molar-refractivity contribution is 6.31. The molecular formula is C19H20ClNO3.